The van der Waals surface area contributed by atoms with Gasteiger partial charge in [0.2, 0.25) is 10.0 Å². The summed E-state index contributed by atoms with van der Waals surface area (Å²) >= 11 is 0. The monoisotopic (exact) mass is 439 g/mol. The topological polar surface area (TPSA) is 84.2 Å². The average Bonchev–Trinajstić information content (AvgIpc) is 3.33. The van der Waals surface area contributed by atoms with E-state index in [0.717, 1.165) is 11.4 Å². The van der Waals surface area contributed by atoms with E-state index >= 15 is 0 Å². The number of hydrogen-bond donors (Lipinski definition) is 2. The van der Waals surface area contributed by atoms with Crippen LogP contribution in [-0.2, 0) is 10.0 Å². The normalized spacial score (nSPS) is 24.9. The third-order valence-electron chi connectivity index (χ3n) is 6.46. The molecule has 3 unspecified atom stereocenters. The Labute approximate surface area is 184 Å². The molecular weight excluding hydrogens is 410 g/mol. The summed E-state index contributed by atoms with van der Waals surface area (Å²) in [5.41, 5.74) is 0.0490. The van der Waals surface area contributed by atoms with Crippen LogP contribution < -0.4 is 4.72 Å². The number of nitrogens with zero attached hydrogens (tertiary/aromatic N) is 2. The number of aliphatic hydroxyl groups excluding tert-OH is 1. The lowest BCUT2D eigenvalue weighted by molar-refractivity contribution is 0.0727. The van der Waals surface area contributed by atoms with Gasteiger partial charge in [-0.1, -0.05) is 48.5 Å². The third kappa shape index (κ3) is 4.31. The summed E-state index contributed by atoms with van der Waals surface area (Å²) < 4.78 is 31.5. The molecular formula is C24H29N3O3S. The highest BCUT2D eigenvalue weighted by molar-refractivity contribution is 7.89. The van der Waals surface area contributed by atoms with Crippen molar-refractivity contribution in [1.82, 2.24) is 14.3 Å². The molecule has 0 saturated heterocycles. The van der Waals surface area contributed by atoms with Gasteiger partial charge in [-0.15, -0.1) is 0 Å². The lowest BCUT2D eigenvalue weighted by Gasteiger charge is -2.37. The van der Waals surface area contributed by atoms with Crippen LogP contribution in [0.5, 0.6) is 0 Å². The number of rotatable bonds is 7. The number of sulfonamides is 1. The Balaban J connectivity index is 1.70. The zero-order chi connectivity index (χ0) is 22.1. The first-order chi connectivity index (χ1) is 14.8. The van der Waals surface area contributed by atoms with Crippen molar-refractivity contribution in [3.05, 3.63) is 84.4 Å². The van der Waals surface area contributed by atoms with Crippen LogP contribution in [0, 0.1) is 6.92 Å². The van der Waals surface area contributed by atoms with Crippen LogP contribution in [0.25, 0.3) is 0 Å². The van der Waals surface area contributed by atoms with Crippen LogP contribution in [0.4, 0.5) is 0 Å². The lowest BCUT2D eigenvalue weighted by Crippen LogP contribution is -2.55. The highest BCUT2D eigenvalue weighted by Crippen LogP contribution is 2.45. The van der Waals surface area contributed by atoms with Gasteiger partial charge in [-0.3, -0.25) is 0 Å². The van der Waals surface area contributed by atoms with Crippen molar-refractivity contribution in [3.8, 4) is 0 Å². The maximum Gasteiger partial charge on any atom is 0.241 e. The summed E-state index contributed by atoms with van der Waals surface area (Å²) in [5, 5.41) is 11.5. The largest absolute Gasteiger partial charge is 0.391 e. The van der Waals surface area contributed by atoms with E-state index in [1.54, 1.807) is 36.5 Å². The van der Waals surface area contributed by atoms with E-state index in [1.807, 2.05) is 54.9 Å². The van der Waals surface area contributed by atoms with E-state index in [0.29, 0.717) is 19.3 Å². The molecule has 0 bridgehead atoms. The van der Waals surface area contributed by atoms with Gasteiger partial charge in [0.15, 0.2) is 0 Å². The van der Waals surface area contributed by atoms with Gasteiger partial charge in [-0.2, -0.15) is 0 Å². The number of benzene rings is 2. The Morgan fingerprint density at radius 3 is 2.42 bits per heavy atom. The van der Waals surface area contributed by atoms with Gasteiger partial charge < -0.3 is 9.67 Å². The molecule has 1 aliphatic carbocycles. The predicted octanol–water partition coefficient (Wildman–Crippen LogP) is 3.80. The Hall–Kier alpha value is -2.48. The Bertz CT molecular complexity index is 1120. The van der Waals surface area contributed by atoms with Crippen molar-refractivity contribution in [1.29, 1.82) is 0 Å². The van der Waals surface area contributed by atoms with Crippen LogP contribution in [0.15, 0.2) is 78.0 Å². The molecule has 0 radical (unpaired) electrons. The summed E-state index contributed by atoms with van der Waals surface area (Å²) in [4.78, 5) is 4.51. The fourth-order valence-electron chi connectivity index (χ4n) is 4.93. The van der Waals surface area contributed by atoms with Crippen LogP contribution in [0.1, 0.15) is 49.5 Å². The molecule has 1 aromatic heterocycles. The van der Waals surface area contributed by atoms with E-state index < -0.39 is 21.7 Å². The first-order valence-electron chi connectivity index (χ1n) is 10.6. The van der Waals surface area contributed by atoms with Crippen LogP contribution >= 0.6 is 0 Å². The maximum atomic E-state index is 13.3. The summed E-state index contributed by atoms with van der Waals surface area (Å²) in [6.45, 7) is 3.96. The number of aryl methyl sites for hydroxylation is 1. The lowest BCUT2D eigenvalue weighted by atomic mass is 9.85. The second-order valence-corrected chi connectivity index (χ2v) is 10.2. The SMILES string of the molecule is Cc1nccn1C(C)CC1(NS(=O)(=O)c2ccccc2)CCC(c2ccccc2)[C@H]1O. The standard InChI is InChI=1S/C24H29N3O3S/c1-18(27-16-15-25-19(27)2)17-24(26-31(29,30)21-11-7-4-8-12-21)14-13-22(23(24)28)20-9-5-3-6-10-20/h3-12,15-16,18,22-23,26,28H,13-14,17H2,1-2H3/t18?,22?,23-,24?/m1/s1. The molecule has 3 aromatic rings. The zero-order valence-electron chi connectivity index (χ0n) is 17.8. The smallest absolute Gasteiger partial charge is 0.241 e. The van der Waals surface area contributed by atoms with Gasteiger partial charge >= 0.3 is 0 Å². The summed E-state index contributed by atoms with van der Waals surface area (Å²) in [7, 11) is -3.80. The molecule has 1 aliphatic rings. The quantitative estimate of drug-likeness (QED) is 0.587. The first kappa shape index (κ1) is 21.7. The first-order valence-corrected chi connectivity index (χ1v) is 12.1. The highest BCUT2D eigenvalue weighted by atomic mass is 32.2. The molecule has 0 aliphatic heterocycles. The van der Waals surface area contributed by atoms with Crippen molar-refractivity contribution >= 4 is 10.0 Å². The molecule has 7 heteroatoms. The van der Waals surface area contributed by atoms with Crippen LogP contribution in [-0.4, -0.2) is 34.7 Å². The number of aromatic nitrogens is 2. The molecule has 1 saturated carbocycles. The zero-order valence-corrected chi connectivity index (χ0v) is 18.7. The van der Waals surface area contributed by atoms with Crippen molar-refractivity contribution < 1.29 is 13.5 Å². The van der Waals surface area contributed by atoms with Crippen molar-refractivity contribution in [2.75, 3.05) is 0 Å². The Kier molecular flexibility index (Phi) is 6.01. The molecule has 4 atom stereocenters. The van der Waals surface area contributed by atoms with Gasteiger partial charge in [0, 0.05) is 24.4 Å². The average molecular weight is 440 g/mol. The molecule has 6 nitrogen and oxygen atoms in total. The minimum atomic E-state index is -3.80. The van der Waals surface area contributed by atoms with Crippen molar-refractivity contribution in [2.45, 2.75) is 61.6 Å². The molecule has 0 amide bonds. The summed E-state index contributed by atoms with van der Waals surface area (Å²) in [5.74, 6) is 0.733. The van der Waals surface area contributed by atoms with Gasteiger partial charge in [0.25, 0.3) is 0 Å². The molecule has 1 fully saturated rings. The second kappa shape index (κ2) is 8.57. The Morgan fingerprint density at radius 1 is 1.16 bits per heavy atom. The van der Waals surface area contributed by atoms with E-state index in [-0.39, 0.29) is 16.9 Å². The van der Waals surface area contributed by atoms with E-state index in [1.165, 1.54) is 0 Å². The van der Waals surface area contributed by atoms with Crippen LogP contribution in [0.2, 0.25) is 0 Å². The fraction of sp³-hybridized carbons (Fsp3) is 0.375. The maximum absolute atomic E-state index is 13.3. The molecule has 164 valence electrons. The number of aliphatic hydroxyl groups is 1. The molecule has 2 N–H and O–H groups in total. The minimum absolute atomic E-state index is 0.0369. The van der Waals surface area contributed by atoms with Gasteiger partial charge in [-0.25, -0.2) is 18.1 Å². The number of imidazole rings is 1. The van der Waals surface area contributed by atoms with Crippen LogP contribution in [0.3, 0.4) is 0 Å². The van der Waals surface area contributed by atoms with Gasteiger partial charge in [0.05, 0.1) is 16.5 Å². The molecule has 1 heterocycles. The Morgan fingerprint density at radius 2 is 1.81 bits per heavy atom. The van der Waals surface area contributed by atoms with E-state index in [2.05, 4.69) is 9.71 Å². The fourth-order valence-corrected chi connectivity index (χ4v) is 6.41. The molecule has 0 spiro atoms. The molecule has 4 rings (SSSR count). The highest BCUT2D eigenvalue weighted by Gasteiger charge is 2.51. The van der Waals surface area contributed by atoms with E-state index in [4.69, 9.17) is 0 Å². The number of nitrogens with one attached hydrogen (secondary N) is 1. The summed E-state index contributed by atoms with van der Waals surface area (Å²) in [6, 6.07) is 18.2. The second-order valence-electron chi connectivity index (χ2n) is 8.51. The third-order valence-corrected chi connectivity index (χ3v) is 8.03. The van der Waals surface area contributed by atoms with E-state index in [9.17, 15) is 13.5 Å². The predicted molar refractivity (Wildman–Crippen MR) is 120 cm³/mol. The van der Waals surface area contributed by atoms with Crippen molar-refractivity contribution in [2.24, 2.45) is 0 Å². The molecule has 31 heavy (non-hydrogen) atoms. The number of hydrogen-bond acceptors (Lipinski definition) is 4. The minimum Gasteiger partial charge on any atom is -0.391 e. The van der Waals surface area contributed by atoms with Crippen molar-refractivity contribution in [3.63, 3.8) is 0 Å². The van der Waals surface area contributed by atoms with Gasteiger partial charge in [-0.05, 0) is 50.8 Å². The molecule has 2 aromatic carbocycles. The van der Waals surface area contributed by atoms with Gasteiger partial charge in [0.1, 0.15) is 5.82 Å². The summed E-state index contributed by atoms with van der Waals surface area (Å²) in [6.07, 6.45) is 4.51.